The second-order valence-electron chi connectivity index (χ2n) is 5.80. The molecule has 1 saturated carbocycles. The number of carbonyl (C=O) groups is 1. The summed E-state index contributed by atoms with van der Waals surface area (Å²) < 4.78 is 0. The fourth-order valence-corrected chi connectivity index (χ4v) is 2.83. The van der Waals surface area contributed by atoms with Gasteiger partial charge in [0.2, 0.25) is 0 Å². The molecule has 5 nitrogen and oxygen atoms in total. The van der Waals surface area contributed by atoms with Gasteiger partial charge in [-0.2, -0.15) is 0 Å². The first kappa shape index (κ1) is 14.8. The quantitative estimate of drug-likeness (QED) is 0.889. The van der Waals surface area contributed by atoms with E-state index in [1.165, 1.54) is 6.42 Å². The van der Waals surface area contributed by atoms with Crippen molar-refractivity contribution in [2.24, 2.45) is 0 Å². The van der Waals surface area contributed by atoms with Gasteiger partial charge >= 0.3 is 0 Å². The molecule has 1 N–H and O–H groups in total. The van der Waals surface area contributed by atoms with Crippen LogP contribution in [-0.2, 0) is 0 Å². The minimum atomic E-state index is 0.0237. The van der Waals surface area contributed by atoms with Gasteiger partial charge in [-0.15, -0.1) is 0 Å². The molecule has 1 fully saturated rings. The molecular formula is C15H24N4O. The highest BCUT2D eigenvalue weighted by molar-refractivity contribution is 5.99. The topological polar surface area (TPSA) is 48.5 Å². The van der Waals surface area contributed by atoms with Crippen LogP contribution < -0.4 is 5.32 Å². The summed E-state index contributed by atoms with van der Waals surface area (Å²) in [5.41, 5.74) is 1.60. The Balaban J connectivity index is 2.13. The van der Waals surface area contributed by atoms with Gasteiger partial charge in [0.15, 0.2) is 0 Å². The molecule has 1 amide bonds. The number of carbonyl (C=O) groups excluding carboxylic acids is 1. The van der Waals surface area contributed by atoms with Crippen molar-refractivity contribution in [1.82, 2.24) is 14.8 Å². The standard InChI is InChI=1S/C15H24N4O/c1-16-13-6-9-17-10-12(13)14(20)19(4)11-15(18(2)3)7-5-8-15/h6,9-10H,5,7-8,11H2,1-4H3,(H,16,17). The summed E-state index contributed by atoms with van der Waals surface area (Å²) in [4.78, 5) is 20.7. The van der Waals surface area contributed by atoms with Gasteiger partial charge in [-0.25, -0.2) is 0 Å². The molecule has 1 heterocycles. The lowest BCUT2D eigenvalue weighted by Crippen LogP contribution is -2.57. The largest absolute Gasteiger partial charge is 0.387 e. The van der Waals surface area contributed by atoms with Gasteiger partial charge < -0.3 is 15.1 Å². The first-order valence-corrected chi connectivity index (χ1v) is 7.05. The zero-order valence-electron chi connectivity index (χ0n) is 12.8. The Labute approximate surface area is 121 Å². The van der Waals surface area contributed by atoms with Gasteiger partial charge in [0.05, 0.1) is 5.56 Å². The maximum absolute atomic E-state index is 12.6. The maximum atomic E-state index is 12.6. The lowest BCUT2D eigenvalue weighted by atomic mass is 9.75. The van der Waals surface area contributed by atoms with Crippen molar-refractivity contribution in [3.63, 3.8) is 0 Å². The predicted molar refractivity (Wildman–Crippen MR) is 81.0 cm³/mol. The molecule has 0 saturated heterocycles. The van der Waals surface area contributed by atoms with Crippen molar-refractivity contribution in [2.45, 2.75) is 24.8 Å². The summed E-state index contributed by atoms with van der Waals surface area (Å²) in [6, 6.07) is 1.83. The third kappa shape index (κ3) is 2.63. The smallest absolute Gasteiger partial charge is 0.257 e. The fraction of sp³-hybridized carbons (Fsp3) is 0.600. The van der Waals surface area contributed by atoms with Gasteiger partial charge in [0.25, 0.3) is 5.91 Å². The number of nitrogens with zero attached hydrogens (tertiary/aromatic N) is 3. The minimum absolute atomic E-state index is 0.0237. The number of pyridine rings is 1. The Morgan fingerprint density at radius 1 is 1.40 bits per heavy atom. The van der Waals surface area contributed by atoms with Crippen molar-refractivity contribution in [3.05, 3.63) is 24.0 Å². The van der Waals surface area contributed by atoms with E-state index in [1.807, 2.05) is 25.1 Å². The monoisotopic (exact) mass is 276 g/mol. The molecule has 0 aromatic carbocycles. The van der Waals surface area contributed by atoms with E-state index < -0.39 is 0 Å². The first-order chi connectivity index (χ1) is 9.50. The van der Waals surface area contributed by atoms with E-state index in [9.17, 15) is 4.79 Å². The molecule has 1 aromatic rings. The van der Waals surface area contributed by atoms with Crippen LogP contribution in [0.15, 0.2) is 18.5 Å². The molecule has 1 aliphatic carbocycles. The number of aromatic nitrogens is 1. The van der Waals surface area contributed by atoms with E-state index in [0.29, 0.717) is 5.56 Å². The van der Waals surface area contributed by atoms with E-state index in [4.69, 9.17) is 0 Å². The zero-order chi connectivity index (χ0) is 14.8. The average molecular weight is 276 g/mol. The van der Waals surface area contributed by atoms with Crippen LogP contribution in [-0.4, -0.2) is 61.0 Å². The number of likely N-dealkylation sites (N-methyl/N-ethyl adjacent to an activating group) is 2. The molecule has 0 atom stereocenters. The molecule has 0 aliphatic heterocycles. The van der Waals surface area contributed by atoms with Gasteiger partial charge in [-0.3, -0.25) is 9.78 Å². The Hall–Kier alpha value is -1.62. The second kappa shape index (κ2) is 5.79. The summed E-state index contributed by atoms with van der Waals surface area (Å²) in [6.45, 7) is 0.761. The molecular weight excluding hydrogens is 252 g/mol. The van der Waals surface area contributed by atoms with Crippen LogP contribution >= 0.6 is 0 Å². The van der Waals surface area contributed by atoms with Crippen LogP contribution in [0.5, 0.6) is 0 Å². The van der Waals surface area contributed by atoms with Crippen LogP contribution in [0.3, 0.4) is 0 Å². The lowest BCUT2D eigenvalue weighted by molar-refractivity contribution is 0.0253. The van der Waals surface area contributed by atoms with E-state index >= 15 is 0 Å². The Bertz CT molecular complexity index is 483. The van der Waals surface area contributed by atoms with Crippen molar-refractivity contribution < 1.29 is 4.79 Å². The van der Waals surface area contributed by atoms with Crippen molar-refractivity contribution in [1.29, 1.82) is 0 Å². The van der Waals surface area contributed by atoms with E-state index in [2.05, 4.69) is 29.3 Å². The zero-order valence-corrected chi connectivity index (χ0v) is 12.8. The minimum Gasteiger partial charge on any atom is -0.387 e. The molecule has 1 aromatic heterocycles. The predicted octanol–water partition coefficient (Wildman–Crippen LogP) is 1.68. The lowest BCUT2D eigenvalue weighted by Gasteiger charge is -2.49. The van der Waals surface area contributed by atoms with E-state index in [0.717, 1.165) is 25.1 Å². The molecule has 110 valence electrons. The number of anilines is 1. The van der Waals surface area contributed by atoms with Gasteiger partial charge in [-0.1, -0.05) is 0 Å². The third-order valence-electron chi connectivity index (χ3n) is 4.43. The Morgan fingerprint density at radius 3 is 2.60 bits per heavy atom. The van der Waals surface area contributed by atoms with Crippen LogP contribution in [0.2, 0.25) is 0 Å². The third-order valence-corrected chi connectivity index (χ3v) is 4.43. The van der Waals surface area contributed by atoms with E-state index in [-0.39, 0.29) is 11.4 Å². The van der Waals surface area contributed by atoms with E-state index in [1.54, 1.807) is 12.4 Å². The molecule has 0 unspecified atom stereocenters. The summed E-state index contributed by atoms with van der Waals surface area (Å²) in [5.74, 6) is 0.0237. The fourth-order valence-electron chi connectivity index (χ4n) is 2.83. The first-order valence-electron chi connectivity index (χ1n) is 7.05. The van der Waals surface area contributed by atoms with Gasteiger partial charge in [0.1, 0.15) is 0 Å². The van der Waals surface area contributed by atoms with Crippen LogP contribution in [0.4, 0.5) is 5.69 Å². The van der Waals surface area contributed by atoms with Crippen molar-refractivity contribution >= 4 is 11.6 Å². The van der Waals surface area contributed by atoms with Gasteiger partial charge in [0, 0.05) is 44.3 Å². The molecule has 0 spiro atoms. The Kier molecular flexibility index (Phi) is 4.28. The number of rotatable bonds is 5. The van der Waals surface area contributed by atoms with Crippen LogP contribution in [0, 0.1) is 0 Å². The number of hydrogen-bond donors (Lipinski definition) is 1. The second-order valence-corrected chi connectivity index (χ2v) is 5.80. The molecule has 1 aliphatic rings. The highest BCUT2D eigenvalue weighted by Crippen LogP contribution is 2.36. The maximum Gasteiger partial charge on any atom is 0.257 e. The van der Waals surface area contributed by atoms with Crippen molar-refractivity contribution in [3.8, 4) is 0 Å². The molecule has 2 rings (SSSR count). The summed E-state index contributed by atoms with van der Waals surface area (Å²) in [5, 5.41) is 3.05. The van der Waals surface area contributed by atoms with Crippen molar-refractivity contribution in [2.75, 3.05) is 40.1 Å². The number of hydrogen-bond acceptors (Lipinski definition) is 4. The number of amides is 1. The molecule has 0 radical (unpaired) electrons. The van der Waals surface area contributed by atoms with Gasteiger partial charge in [-0.05, 0) is 39.4 Å². The average Bonchev–Trinajstić information content (AvgIpc) is 2.41. The molecule has 5 heteroatoms. The molecule has 0 bridgehead atoms. The SMILES string of the molecule is CNc1ccncc1C(=O)N(C)CC1(N(C)C)CCC1. The Morgan fingerprint density at radius 2 is 2.10 bits per heavy atom. The summed E-state index contributed by atoms with van der Waals surface area (Å²) in [6.07, 6.45) is 6.88. The number of nitrogens with one attached hydrogen (secondary N) is 1. The van der Waals surface area contributed by atoms with Crippen LogP contribution in [0.1, 0.15) is 29.6 Å². The highest BCUT2D eigenvalue weighted by atomic mass is 16.2. The highest BCUT2D eigenvalue weighted by Gasteiger charge is 2.40. The summed E-state index contributed by atoms with van der Waals surface area (Å²) >= 11 is 0. The van der Waals surface area contributed by atoms with Crippen LogP contribution in [0.25, 0.3) is 0 Å². The summed E-state index contributed by atoms with van der Waals surface area (Å²) in [7, 11) is 7.89. The normalized spacial score (nSPS) is 16.6. The molecule has 20 heavy (non-hydrogen) atoms.